The zero-order chi connectivity index (χ0) is 16.8. The number of anilines is 1. The number of nitrogens with zero attached hydrogens (tertiary/aromatic N) is 4. The van der Waals surface area contributed by atoms with Crippen molar-refractivity contribution < 1.29 is 4.39 Å². The van der Waals surface area contributed by atoms with Crippen LogP contribution in [0.4, 0.5) is 10.3 Å². The summed E-state index contributed by atoms with van der Waals surface area (Å²) < 4.78 is 16.3. The average molecular weight is 333 g/mol. The number of tetrazole rings is 1. The van der Waals surface area contributed by atoms with Crippen molar-refractivity contribution in [1.82, 2.24) is 20.2 Å². The van der Waals surface area contributed by atoms with Crippen LogP contribution in [0.3, 0.4) is 0 Å². The summed E-state index contributed by atoms with van der Waals surface area (Å²) in [5.41, 5.74) is 5.21. The Morgan fingerprint density at radius 2 is 1.88 bits per heavy atom. The van der Waals surface area contributed by atoms with Crippen LogP contribution in [0.25, 0.3) is 5.70 Å². The molecule has 25 heavy (non-hydrogen) atoms. The van der Waals surface area contributed by atoms with Gasteiger partial charge in [0.15, 0.2) is 0 Å². The van der Waals surface area contributed by atoms with Crippen molar-refractivity contribution in [3.63, 3.8) is 0 Å². The third-order valence-corrected chi connectivity index (χ3v) is 5.00. The molecule has 1 atom stereocenters. The molecule has 0 amide bonds. The predicted molar refractivity (Wildman–Crippen MR) is 92.3 cm³/mol. The second-order valence-corrected chi connectivity index (χ2v) is 6.41. The van der Waals surface area contributed by atoms with Gasteiger partial charge in [0.05, 0.1) is 5.70 Å². The fourth-order valence-corrected chi connectivity index (χ4v) is 3.90. The van der Waals surface area contributed by atoms with Crippen molar-refractivity contribution in [3.8, 4) is 0 Å². The molecule has 2 aliphatic rings. The second-order valence-electron chi connectivity index (χ2n) is 6.41. The maximum Gasteiger partial charge on any atom is 0.248 e. The minimum atomic E-state index is -0.325. The highest BCUT2D eigenvalue weighted by Gasteiger charge is 2.34. The van der Waals surface area contributed by atoms with Crippen LogP contribution in [-0.2, 0) is 6.42 Å². The summed E-state index contributed by atoms with van der Waals surface area (Å²) in [7, 11) is 0. The van der Waals surface area contributed by atoms with Gasteiger partial charge < -0.3 is 5.32 Å². The first-order valence-electron chi connectivity index (χ1n) is 8.43. The van der Waals surface area contributed by atoms with Gasteiger partial charge in [-0.2, -0.15) is 4.68 Å². The van der Waals surface area contributed by atoms with Crippen LogP contribution in [0.15, 0.2) is 54.1 Å². The van der Waals surface area contributed by atoms with Crippen LogP contribution < -0.4 is 5.32 Å². The van der Waals surface area contributed by atoms with Crippen molar-refractivity contribution in [2.24, 2.45) is 0 Å². The van der Waals surface area contributed by atoms with Crippen LogP contribution >= 0.6 is 0 Å². The average Bonchev–Trinajstić information content (AvgIpc) is 3.02. The van der Waals surface area contributed by atoms with E-state index < -0.39 is 0 Å². The van der Waals surface area contributed by atoms with E-state index in [-0.39, 0.29) is 11.9 Å². The predicted octanol–water partition coefficient (Wildman–Crippen LogP) is 3.57. The van der Waals surface area contributed by atoms with Gasteiger partial charge in [-0.25, -0.2) is 4.39 Å². The van der Waals surface area contributed by atoms with E-state index in [1.54, 1.807) is 10.7 Å². The second kappa shape index (κ2) is 5.51. The summed E-state index contributed by atoms with van der Waals surface area (Å²) >= 11 is 0. The summed E-state index contributed by atoms with van der Waals surface area (Å²) in [6.45, 7) is 0. The summed E-state index contributed by atoms with van der Waals surface area (Å²) in [5, 5.41) is 15.4. The summed E-state index contributed by atoms with van der Waals surface area (Å²) in [6.07, 6.45) is 2.89. The molecule has 0 saturated carbocycles. The molecule has 1 aromatic heterocycles. The Bertz CT molecular complexity index is 991. The maximum absolute atomic E-state index is 14.6. The highest BCUT2D eigenvalue weighted by molar-refractivity contribution is 5.82. The number of benzene rings is 2. The molecule has 3 aromatic rings. The molecule has 1 aliphatic carbocycles. The maximum atomic E-state index is 14.6. The Morgan fingerprint density at radius 3 is 2.80 bits per heavy atom. The van der Waals surface area contributed by atoms with Crippen LogP contribution in [0, 0.1) is 5.82 Å². The first-order valence-corrected chi connectivity index (χ1v) is 8.43. The summed E-state index contributed by atoms with van der Waals surface area (Å²) in [4.78, 5) is 0. The third-order valence-electron chi connectivity index (χ3n) is 5.00. The number of halogens is 1. The van der Waals surface area contributed by atoms with Gasteiger partial charge in [0.1, 0.15) is 11.9 Å². The fraction of sp³-hybridized carbons (Fsp3) is 0.211. The van der Waals surface area contributed by atoms with E-state index in [4.69, 9.17) is 0 Å². The first kappa shape index (κ1) is 14.3. The van der Waals surface area contributed by atoms with Gasteiger partial charge in [0.2, 0.25) is 5.95 Å². The summed E-state index contributed by atoms with van der Waals surface area (Å²) in [6, 6.07) is 14.9. The van der Waals surface area contributed by atoms with E-state index in [9.17, 15) is 4.39 Å². The topological polar surface area (TPSA) is 55.6 Å². The number of allylic oxidation sites excluding steroid dienone is 1. The van der Waals surface area contributed by atoms with Crippen LogP contribution in [0.1, 0.15) is 35.6 Å². The van der Waals surface area contributed by atoms with E-state index in [0.29, 0.717) is 11.5 Å². The van der Waals surface area contributed by atoms with E-state index in [1.807, 2.05) is 18.2 Å². The van der Waals surface area contributed by atoms with Gasteiger partial charge in [0, 0.05) is 11.1 Å². The van der Waals surface area contributed by atoms with Crippen LogP contribution in [-0.4, -0.2) is 20.2 Å². The van der Waals surface area contributed by atoms with Crippen molar-refractivity contribution in [2.45, 2.75) is 25.3 Å². The van der Waals surface area contributed by atoms with Crippen molar-refractivity contribution in [2.75, 3.05) is 5.32 Å². The lowest BCUT2D eigenvalue weighted by molar-refractivity contribution is 0.511. The molecule has 5 nitrogen and oxygen atoms in total. The molecule has 1 unspecified atom stereocenters. The first-order chi connectivity index (χ1) is 12.3. The number of aryl methyl sites for hydroxylation is 1. The van der Waals surface area contributed by atoms with Crippen molar-refractivity contribution >= 4 is 11.6 Å². The number of rotatable bonds is 1. The van der Waals surface area contributed by atoms with E-state index in [1.165, 1.54) is 11.6 Å². The molecule has 2 aromatic carbocycles. The number of fused-ring (bicyclic) bond motifs is 3. The molecule has 0 fully saturated rings. The molecule has 124 valence electrons. The van der Waals surface area contributed by atoms with Crippen LogP contribution in [0.2, 0.25) is 0 Å². The molecular weight excluding hydrogens is 317 g/mol. The molecule has 1 aliphatic heterocycles. The minimum Gasteiger partial charge on any atom is -0.322 e. The van der Waals surface area contributed by atoms with Gasteiger partial charge >= 0.3 is 0 Å². The van der Waals surface area contributed by atoms with Gasteiger partial charge in [0.25, 0.3) is 0 Å². The fourth-order valence-electron chi connectivity index (χ4n) is 3.90. The molecule has 1 N–H and O–H groups in total. The molecule has 2 heterocycles. The summed E-state index contributed by atoms with van der Waals surface area (Å²) in [5.74, 6) is 0.309. The molecule has 0 saturated heterocycles. The lowest BCUT2D eigenvalue weighted by Gasteiger charge is -2.29. The van der Waals surface area contributed by atoms with E-state index >= 15 is 0 Å². The van der Waals surface area contributed by atoms with Crippen molar-refractivity contribution in [1.29, 1.82) is 0 Å². The highest BCUT2D eigenvalue weighted by Crippen LogP contribution is 2.43. The number of aromatic nitrogens is 4. The molecule has 0 radical (unpaired) electrons. The molecule has 0 spiro atoms. The van der Waals surface area contributed by atoms with Gasteiger partial charge in [-0.3, -0.25) is 0 Å². The minimum absolute atomic E-state index is 0.236. The Hall–Kier alpha value is -3.02. The Balaban J connectivity index is 1.78. The quantitative estimate of drug-likeness (QED) is 0.740. The Labute approximate surface area is 144 Å². The molecule has 5 rings (SSSR count). The standard InChI is InChI=1S/C19H16FN5/c20-16-11-4-3-9-14(16)18-15-10-5-7-12-6-1-2-8-13(12)17(15)21-19-22-23-24-25(18)19/h1-4,6,8-9,11,18H,5,7,10H2,(H,21,22,24). The van der Waals surface area contributed by atoms with Crippen molar-refractivity contribution in [3.05, 3.63) is 76.6 Å². The van der Waals surface area contributed by atoms with E-state index in [2.05, 4.69) is 39.0 Å². The molecule has 6 heteroatoms. The van der Waals surface area contributed by atoms with Gasteiger partial charge in [-0.1, -0.05) is 47.6 Å². The lowest BCUT2D eigenvalue weighted by Crippen LogP contribution is -2.25. The number of hydrogen-bond acceptors (Lipinski definition) is 4. The largest absolute Gasteiger partial charge is 0.322 e. The Morgan fingerprint density at radius 1 is 1.04 bits per heavy atom. The molecule has 0 bridgehead atoms. The normalized spacial score (nSPS) is 18.7. The highest BCUT2D eigenvalue weighted by atomic mass is 19.1. The number of nitrogens with one attached hydrogen (secondary N) is 1. The smallest absolute Gasteiger partial charge is 0.248 e. The molecular formula is C19H16FN5. The number of hydrogen-bond donors (Lipinski definition) is 1. The monoisotopic (exact) mass is 333 g/mol. The zero-order valence-corrected chi connectivity index (χ0v) is 13.5. The third kappa shape index (κ3) is 2.17. The Kier molecular flexibility index (Phi) is 3.16. The van der Waals surface area contributed by atoms with Gasteiger partial charge in [-0.15, -0.1) is 0 Å². The zero-order valence-electron chi connectivity index (χ0n) is 13.5. The van der Waals surface area contributed by atoms with Crippen LogP contribution in [0.5, 0.6) is 0 Å². The van der Waals surface area contributed by atoms with Gasteiger partial charge in [-0.05, 0) is 46.9 Å². The lowest BCUT2D eigenvalue weighted by atomic mass is 9.91. The van der Waals surface area contributed by atoms with E-state index in [0.717, 1.165) is 36.1 Å². The SMILES string of the molecule is Fc1ccccc1C1C2=C(Nc3nnnn31)c1ccccc1CCC2.